The molecule has 96 valence electrons. The van der Waals surface area contributed by atoms with E-state index in [1.165, 1.54) is 0 Å². The number of aromatic nitrogens is 1. The van der Waals surface area contributed by atoms with Crippen LogP contribution in [0.1, 0.15) is 27.8 Å². The van der Waals surface area contributed by atoms with E-state index >= 15 is 0 Å². The van der Waals surface area contributed by atoms with Gasteiger partial charge < -0.3 is 9.47 Å². The lowest BCUT2D eigenvalue weighted by atomic mass is 10.0. The van der Waals surface area contributed by atoms with E-state index in [2.05, 4.69) is 4.98 Å². The zero-order valence-corrected chi connectivity index (χ0v) is 10.3. The van der Waals surface area contributed by atoms with E-state index in [4.69, 9.17) is 9.47 Å². The number of benzene rings is 1. The average molecular weight is 255 g/mol. The van der Waals surface area contributed by atoms with Crippen LogP contribution < -0.4 is 0 Å². The summed E-state index contributed by atoms with van der Waals surface area (Å²) in [5.74, 6) is -0.0482. The van der Waals surface area contributed by atoms with Gasteiger partial charge in [0, 0.05) is 29.1 Å². The van der Waals surface area contributed by atoms with Crippen molar-refractivity contribution in [1.82, 2.24) is 4.98 Å². The molecule has 0 unspecified atom stereocenters. The minimum atomic E-state index is -0.360. The second-order valence-corrected chi connectivity index (χ2v) is 4.27. The molecule has 2 heterocycles. The van der Waals surface area contributed by atoms with Crippen LogP contribution >= 0.6 is 0 Å². The smallest absolute Gasteiger partial charge is 0.194 e. The first-order valence-corrected chi connectivity index (χ1v) is 6.12. The Balaban J connectivity index is 1.89. The quantitative estimate of drug-likeness (QED) is 0.790. The number of hydrogen-bond donors (Lipinski definition) is 0. The topological polar surface area (TPSA) is 48.4 Å². The maximum absolute atomic E-state index is 12.3. The normalized spacial score (nSPS) is 15.6. The van der Waals surface area contributed by atoms with Gasteiger partial charge in [-0.2, -0.15) is 0 Å². The summed E-state index contributed by atoms with van der Waals surface area (Å²) in [6.45, 7) is 1.18. The van der Waals surface area contributed by atoms with Gasteiger partial charge in [0.25, 0.3) is 0 Å². The molecule has 0 N–H and O–H groups in total. The summed E-state index contributed by atoms with van der Waals surface area (Å²) in [7, 11) is 0. The first kappa shape index (κ1) is 12.0. The fourth-order valence-electron chi connectivity index (χ4n) is 2.04. The molecule has 0 amide bonds. The summed E-state index contributed by atoms with van der Waals surface area (Å²) >= 11 is 0. The molecule has 0 aliphatic carbocycles. The van der Waals surface area contributed by atoms with Crippen molar-refractivity contribution in [2.75, 3.05) is 13.2 Å². The Morgan fingerprint density at radius 1 is 1.11 bits per heavy atom. The number of ketones is 1. The van der Waals surface area contributed by atoms with Gasteiger partial charge in [0.05, 0.1) is 13.2 Å². The molecule has 0 radical (unpaired) electrons. The van der Waals surface area contributed by atoms with Gasteiger partial charge in [-0.15, -0.1) is 0 Å². The molecule has 1 fully saturated rings. The summed E-state index contributed by atoms with van der Waals surface area (Å²) in [5, 5.41) is 0. The minimum absolute atomic E-state index is 0.0482. The number of carbonyl (C=O) groups excluding carboxylic acids is 1. The van der Waals surface area contributed by atoms with Crippen LogP contribution in [0.4, 0.5) is 0 Å². The second kappa shape index (κ2) is 5.30. The highest BCUT2D eigenvalue weighted by molar-refractivity contribution is 6.08. The summed E-state index contributed by atoms with van der Waals surface area (Å²) in [5.41, 5.74) is 2.06. The Kier molecular flexibility index (Phi) is 3.35. The highest BCUT2D eigenvalue weighted by atomic mass is 16.7. The highest BCUT2D eigenvalue weighted by Gasteiger charge is 2.19. The van der Waals surface area contributed by atoms with Crippen molar-refractivity contribution in [3.63, 3.8) is 0 Å². The van der Waals surface area contributed by atoms with Crippen LogP contribution in [0.25, 0.3) is 0 Å². The van der Waals surface area contributed by atoms with E-state index in [0.717, 1.165) is 5.56 Å². The third-order valence-corrected chi connectivity index (χ3v) is 2.97. The number of nitrogens with zero attached hydrogens (tertiary/aromatic N) is 1. The molecular weight excluding hydrogens is 242 g/mol. The molecule has 19 heavy (non-hydrogen) atoms. The lowest BCUT2D eigenvalue weighted by Gasteiger charge is -2.10. The third kappa shape index (κ3) is 2.54. The van der Waals surface area contributed by atoms with Crippen LogP contribution in [0.15, 0.2) is 48.8 Å². The standard InChI is InChI=1S/C15H13NO3/c17-14(13-5-2-6-16-10-13)11-3-1-4-12(9-11)15-18-7-8-19-15/h1-6,9-10,15H,7-8H2. The van der Waals surface area contributed by atoms with Gasteiger partial charge in [-0.05, 0) is 18.2 Å². The molecule has 0 spiro atoms. The van der Waals surface area contributed by atoms with E-state index in [1.807, 2.05) is 18.2 Å². The van der Waals surface area contributed by atoms with E-state index in [0.29, 0.717) is 24.3 Å². The number of ether oxygens (including phenoxy) is 2. The predicted octanol–water partition coefficient (Wildman–Crippen LogP) is 2.36. The summed E-state index contributed by atoms with van der Waals surface area (Å²) < 4.78 is 10.9. The molecule has 0 saturated carbocycles. The molecular formula is C15H13NO3. The Hall–Kier alpha value is -2.04. The van der Waals surface area contributed by atoms with Crippen LogP contribution in [-0.2, 0) is 9.47 Å². The maximum atomic E-state index is 12.3. The predicted molar refractivity (Wildman–Crippen MR) is 68.8 cm³/mol. The first-order chi connectivity index (χ1) is 9.34. The van der Waals surface area contributed by atoms with Crippen molar-refractivity contribution in [1.29, 1.82) is 0 Å². The Labute approximate surface area is 111 Å². The summed E-state index contributed by atoms with van der Waals surface area (Å²) in [6, 6.07) is 10.8. The van der Waals surface area contributed by atoms with E-state index < -0.39 is 0 Å². The van der Waals surface area contributed by atoms with Crippen molar-refractivity contribution in [2.45, 2.75) is 6.29 Å². The van der Waals surface area contributed by atoms with Crippen LogP contribution in [0.5, 0.6) is 0 Å². The van der Waals surface area contributed by atoms with Gasteiger partial charge in [-0.1, -0.05) is 18.2 Å². The summed E-state index contributed by atoms with van der Waals surface area (Å²) in [4.78, 5) is 16.3. The zero-order valence-electron chi connectivity index (χ0n) is 10.3. The van der Waals surface area contributed by atoms with Gasteiger partial charge in [0.1, 0.15) is 0 Å². The number of carbonyl (C=O) groups is 1. The van der Waals surface area contributed by atoms with Gasteiger partial charge >= 0.3 is 0 Å². The fraction of sp³-hybridized carbons (Fsp3) is 0.200. The van der Waals surface area contributed by atoms with Crippen molar-refractivity contribution in [3.05, 3.63) is 65.5 Å². The summed E-state index contributed by atoms with van der Waals surface area (Å²) in [6.07, 6.45) is 2.85. The van der Waals surface area contributed by atoms with Crippen LogP contribution in [0.3, 0.4) is 0 Å². The van der Waals surface area contributed by atoms with Crippen LogP contribution in [0.2, 0.25) is 0 Å². The van der Waals surface area contributed by atoms with E-state index in [1.54, 1.807) is 30.6 Å². The number of rotatable bonds is 3. The van der Waals surface area contributed by atoms with Gasteiger partial charge in [-0.25, -0.2) is 0 Å². The molecule has 1 aromatic heterocycles. The van der Waals surface area contributed by atoms with E-state index in [9.17, 15) is 4.79 Å². The van der Waals surface area contributed by atoms with Gasteiger partial charge in [0.15, 0.2) is 12.1 Å². The first-order valence-electron chi connectivity index (χ1n) is 6.12. The average Bonchev–Trinajstić information content (AvgIpc) is 3.02. The molecule has 3 rings (SSSR count). The largest absolute Gasteiger partial charge is 0.346 e. The lowest BCUT2D eigenvalue weighted by molar-refractivity contribution is -0.0441. The molecule has 4 nitrogen and oxygen atoms in total. The molecule has 4 heteroatoms. The maximum Gasteiger partial charge on any atom is 0.194 e. The number of pyridine rings is 1. The Morgan fingerprint density at radius 3 is 2.63 bits per heavy atom. The number of hydrogen-bond acceptors (Lipinski definition) is 4. The van der Waals surface area contributed by atoms with Gasteiger partial charge in [-0.3, -0.25) is 9.78 Å². The molecule has 1 saturated heterocycles. The molecule has 2 aromatic rings. The molecule has 1 aliphatic rings. The molecule has 1 aliphatic heterocycles. The van der Waals surface area contributed by atoms with Crippen LogP contribution in [0, 0.1) is 0 Å². The zero-order chi connectivity index (χ0) is 13.1. The lowest BCUT2D eigenvalue weighted by Crippen LogP contribution is -2.04. The molecule has 0 atom stereocenters. The van der Waals surface area contributed by atoms with Crippen molar-refractivity contribution in [3.8, 4) is 0 Å². The second-order valence-electron chi connectivity index (χ2n) is 4.27. The Bertz CT molecular complexity index is 577. The van der Waals surface area contributed by atoms with Crippen LogP contribution in [-0.4, -0.2) is 24.0 Å². The van der Waals surface area contributed by atoms with Gasteiger partial charge in [0.2, 0.25) is 0 Å². The van der Waals surface area contributed by atoms with Crippen molar-refractivity contribution >= 4 is 5.78 Å². The van der Waals surface area contributed by atoms with E-state index in [-0.39, 0.29) is 12.1 Å². The third-order valence-electron chi connectivity index (χ3n) is 2.97. The van der Waals surface area contributed by atoms with Crippen molar-refractivity contribution < 1.29 is 14.3 Å². The molecule has 0 bridgehead atoms. The molecule has 1 aromatic carbocycles. The monoisotopic (exact) mass is 255 g/mol. The Morgan fingerprint density at radius 2 is 1.89 bits per heavy atom. The minimum Gasteiger partial charge on any atom is -0.346 e. The SMILES string of the molecule is O=C(c1cccnc1)c1cccc(C2OCCO2)c1. The highest BCUT2D eigenvalue weighted by Crippen LogP contribution is 2.24. The van der Waals surface area contributed by atoms with Crippen molar-refractivity contribution in [2.24, 2.45) is 0 Å². The fourth-order valence-corrected chi connectivity index (χ4v) is 2.04.